The Morgan fingerprint density at radius 2 is 2.40 bits per heavy atom. The smallest absolute Gasteiger partial charge is 0.225 e. The molecule has 1 amide bonds. The lowest BCUT2D eigenvalue weighted by atomic mass is 10.0. The minimum Gasteiger partial charge on any atom is -0.378 e. The summed E-state index contributed by atoms with van der Waals surface area (Å²) in [5, 5.41) is 6.15. The summed E-state index contributed by atoms with van der Waals surface area (Å²) in [6, 6.07) is 0.237. The zero-order valence-corrected chi connectivity index (χ0v) is 9.29. The zero-order valence-electron chi connectivity index (χ0n) is 9.29. The molecule has 4 nitrogen and oxygen atoms in total. The molecule has 2 N–H and O–H groups in total. The number of nitrogens with one attached hydrogen (secondary N) is 2. The van der Waals surface area contributed by atoms with Gasteiger partial charge in [-0.2, -0.15) is 0 Å². The van der Waals surface area contributed by atoms with Crippen LogP contribution in [0.3, 0.4) is 0 Å². The molecule has 0 aromatic rings. The first-order valence-electron chi connectivity index (χ1n) is 5.88. The lowest BCUT2D eigenvalue weighted by Crippen LogP contribution is -2.52. The molecule has 2 atom stereocenters. The maximum Gasteiger partial charge on any atom is 0.225 e. The fourth-order valence-electron chi connectivity index (χ4n) is 2.12. The van der Waals surface area contributed by atoms with Gasteiger partial charge in [-0.3, -0.25) is 4.79 Å². The van der Waals surface area contributed by atoms with Crippen molar-refractivity contribution in [3.63, 3.8) is 0 Å². The van der Waals surface area contributed by atoms with Gasteiger partial charge < -0.3 is 15.4 Å². The number of carbonyl (C=O) groups excluding carboxylic acids is 1. The molecule has 2 rings (SSSR count). The minimum atomic E-state index is 0.192. The van der Waals surface area contributed by atoms with Crippen LogP contribution in [0.5, 0.6) is 0 Å². The Morgan fingerprint density at radius 1 is 1.60 bits per heavy atom. The third kappa shape index (κ3) is 2.92. The molecule has 0 spiro atoms. The van der Waals surface area contributed by atoms with E-state index >= 15 is 0 Å². The maximum atomic E-state index is 11.6. The Hall–Kier alpha value is -0.610. The second-order valence-electron chi connectivity index (χ2n) is 4.64. The largest absolute Gasteiger partial charge is 0.378 e. The molecule has 2 unspecified atom stereocenters. The van der Waals surface area contributed by atoms with E-state index in [1.807, 2.05) is 0 Å². The van der Waals surface area contributed by atoms with Gasteiger partial charge in [0.2, 0.25) is 5.91 Å². The van der Waals surface area contributed by atoms with E-state index < -0.39 is 0 Å². The van der Waals surface area contributed by atoms with Gasteiger partial charge >= 0.3 is 0 Å². The predicted octanol–water partition coefficient (Wildman–Crippen LogP) is 0.280. The van der Waals surface area contributed by atoms with Crippen LogP contribution in [-0.2, 0) is 9.53 Å². The summed E-state index contributed by atoms with van der Waals surface area (Å²) in [5.74, 6) is 0.385. The van der Waals surface area contributed by atoms with Crippen LogP contribution >= 0.6 is 0 Å². The average Bonchev–Trinajstić information content (AvgIpc) is 2.52. The van der Waals surface area contributed by atoms with Crippen molar-refractivity contribution < 1.29 is 9.53 Å². The van der Waals surface area contributed by atoms with E-state index in [1.165, 1.54) is 0 Å². The average molecular weight is 212 g/mol. The highest BCUT2D eigenvalue weighted by Gasteiger charge is 2.26. The summed E-state index contributed by atoms with van der Waals surface area (Å²) in [6.45, 7) is 4.61. The van der Waals surface area contributed by atoms with E-state index in [9.17, 15) is 4.79 Å². The van der Waals surface area contributed by atoms with Crippen molar-refractivity contribution in [3.8, 4) is 0 Å². The molecule has 0 radical (unpaired) electrons. The first-order valence-corrected chi connectivity index (χ1v) is 5.88. The van der Waals surface area contributed by atoms with Crippen molar-refractivity contribution in [2.75, 3.05) is 19.7 Å². The number of ether oxygens (including phenoxy) is 1. The minimum absolute atomic E-state index is 0.192. The van der Waals surface area contributed by atoms with E-state index in [2.05, 4.69) is 17.6 Å². The summed E-state index contributed by atoms with van der Waals surface area (Å²) < 4.78 is 5.54. The van der Waals surface area contributed by atoms with Gasteiger partial charge in [0.15, 0.2) is 0 Å². The molecular formula is C11H20N2O2. The molecule has 0 saturated carbocycles. The first-order chi connectivity index (χ1) is 7.25. The van der Waals surface area contributed by atoms with Crippen LogP contribution in [0.25, 0.3) is 0 Å². The number of rotatable bonds is 4. The molecule has 15 heavy (non-hydrogen) atoms. The monoisotopic (exact) mass is 212 g/mol. The van der Waals surface area contributed by atoms with Crippen LogP contribution in [-0.4, -0.2) is 37.7 Å². The van der Waals surface area contributed by atoms with E-state index in [4.69, 9.17) is 4.74 Å². The van der Waals surface area contributed by atoms with Crippen molar-refractivity contribution in [2.45, 2.75) is 38.3 Å². The molecule has 2 aliphatic heterocycles. The zero-order chi connectivity index (χ0) is 10.7. The van der Waals surface area contributed by atoms with Crippen LogP contribution < -0.4 is 10.6 Å². The molecule has 2 heterocycles. The van der Waals surface area contributed by atoms with Gasteiger partial charge in [-0.15, -0.1) is 0 Å². The molecule has 0 aromatic heterocycles. The quantitative estimate of drug-likeness (QED) is 0.704. The lowest BCUT2D eigenvalue weighted by molar-refractivity contribution is -0.127. The SMILES string of the molecule is CC(CC1CCCO1)NC(=O)C1CNC1. The van der Waals surface area contributed by atoms with E-state index in [0.717, 1.165) is 39.0 Å². The number of amides is 1. The molecular weight excluding hydrogens is 192 g/mol. The van der Waals surface area contributed by atoms with Gasteiger partial charge in [-0.1, -0.05) is 0 Å². The highest BCUT2D eigenvalue weighted by atomic mass is 16.5. The normalized spacial score (nSPS) is 28.5. The predicted molar refractivity (Wildman–Crippen MR) is 57.6 cm³/mol. The van der Waals surface area contributed by atoms with Crippen LogP contribution in [0, 0.1) is 5.92 Å². The third-order valence-corrected chi connectivity index (χ3v) is 3.18. The van der Waals surface area contributed by atoms with E-state index in [-0.39, 0.29) is 17.9 Å². The Labute approximate surface area is 90.8 Å². The molecule has 2 saturated heterocycles. The number of carbonyl (C=O) groups is 1. The summed E-state index contributed by atoms with van der Waals surface area (Å²) in [5.41, 5.74) is 0. The molecule has 0 aromatic carbocycles. The highest BCUT2D eigenvalue weighted by molar-refractivity contribution is 5.80. The van der Waals surface area contributed by atoms with Crippen LogP contribution in [0.2, 0.25) is 0 Å². The molecule has 2 aliphatic rings. The molecule has 0 aliphatic carbocycles. The fraction of sp³-hybridized carbons (Fsp3) is 0.909. The standard InChI is InChI=1S/C11H20N2O2/c1-8(5-10-3-2-4-15-10)13-11(14)9-6-12-7-9/h8-10,12H,2-7H2,1H3,(H,13,14). The molecule has 4 heteroatoms. The second-order valence-corrected chi connectivity index (χ2v) is 4.64. The number of hydrogen-bond acceptors (Lipinski definition) is 3. The lowest BCUT2D eigenvalue weighted by Gasteiger charge is -2.28. The van der Waals surface area contributed by atoms with Crippen LogP contribution in [0.15, 0.2) is 0 Å². The molecule has 86 valence electrons. The molecule has 0 bridgehead atoms. The summed E-state index contributed by atoms with van der Waals surface area (Å²) >= 11 is 0. The second kappa shape index (κ2) is 4.94. The number of hydrogen-bond donors (Lipinski definition) is 2. The topological polar surface area (TPSA) is 50.4 Å². The Kier molecular flexibility index (Phi) is 3.59. The van der Waals surface area contributed by atoms with Crippen molar-refractivity contribution >= 4 is 5.91 Å². The Balaban J connectivity index is 1.66. The fourth-order valence-corrected chi connectivity index (χ4v) is 2.12. The van der Waals surface area contributed by atoms with Gasteiger partial charge in [0, 0.05) is 25.7 Å². The summed E-state index contributed by atoms with van der Waals surface area (Å²) in [6.07, 6.45) is 3.62. The van der Waals surface area contributed by atoms with Gasteiger partial charge in [0.25, 0.3) is 0 Å². The first kappa shape index (κ1) is 10.9. The van der Waals surface area contributed by atoms with Crippen molar-refractivity contribution in [1.29, 1.82) is 0 Å². The molecule has 2 fully saturated rings. The van der Waals surface area contributed by atoms with Gasteiger partial charge in [0.1, 0.15) is 0 Å². The van der Waals surface area contributed by atoms with Gasteiger partial charge in [-0.25, -0.2) is 0 Å². The van der Waals surface area contributed by atoms with Crippen molar-refractivity contribution in [2.24, 2.45) is 5.92 Å². The Bertz CT molecular complexity index is 223. The highest BCUT2D eigenvalue weighted by Crippen LogP contribution is 2.17. The summed E-state index contributed by atoms with van der Waals surface area (Å²) in [4.78, 5) is 11.6. The van der Waals surface area contributed by atoms with Crippen LogP contribution in [0.1, 0.15) is 26.2 Å². The van der Waals surface area contributed by atoms with Crippen LogP contribution in [0.4, 0.5) is 0 Å². The van der Waals surface area contributed by atoms with Crippen molar-refractivity contribution in [3.05, 3.63) is 0 Å². The maximum absolute atomic E-state index is 11.6. The third-order valence-electron chi connectivity index (χ3n) is 3.18. The van der Waals surface area contributed by atoms with Crippen molar-refractivity contribution in [1.82, 2.24) is 10.6 Å². The summed E-state index contributed by atoms with van der Waals surface area (Å²) in [7, 11) is 0. The van der Waals surface area contributed by atoms with Gasteiger partial charge in [0.05, 0.1) is 12.0 Å². The van der Waals surface area contributed by atoms with E-state index in [0.29, 0.717) is 6.10 Å². The van der Waals surface area contributed by atoms with E-state index in [1.54, 1.807) is 0 Å². The Morgan fingerprint density at radius 3 is 2.93 bits per heavy atom. The van der Waals surface area contributed by atoms with Gasteiger partial charge in [-0.05, 0) is 26.2 Å².